The Kier molecular flexibility index (Phi) is 5.45. The first-order valence-corrected chi connectivity index (χ1v) is 7.56. The number of piperidine rings is 1. The van der Waals surface area contributed by atoms with Gasteiger partial charge in [0.2, 0.25) is 5.91 Å². The molecule has 0 spiro atoms. The van der Waals surface area contributed by atoms with Crippen molar-refractivity contribution in [2.45, 2.75) is 32.5 Å². The summed E-state index contributed by atoms with van der Waals surface area (Å²) in [5.41, 5.74) is 0.208. The van der Waals surface area contributed by atoms with Crippen molar-refractivity contribution in [3.05, 3.63) is 35.4 Å². The lowest BCUT2D eigenvalue weighted by Gasteiger charge is -2.32. The molecule has 122 valence electrons. The molecule has 0 saturated carbocycles. The van der Waals surface area contributed by atoms with Gasteiger partial charge in [-0.1, -0.05) is 12.1 Å². The Morgan fingerprint density at radius 3 is 2.59 bits per heavy atom. The number of hydrogen-bond donors (Lipinski definition) is 1. The van der Waals surface area contributed by atoms with Gasteiger partial charge in [0.1, 0.15) is 0 Å². The van der Waals surface area contributed by atoms with E-state index in [2.05, 4.69) is 10.2 Å². The third-order valence-corrected chi connectivity index (χ3v) is 3.91. The highest BCUT2D eigenvalue weighted by Crippen LogP contribution is 2.29. The van der Waals surface area contributed by atoms with Gasteiger partial charge < -0.3 is 5.32 Å². The molecule has 1 aromatic rings. The van der Waals surface area contributed by atoms with Crippen LogP contribution in [0.1, 0.15) is 30.9 Å². The number of benzene rings is 1. The molecule has 1 aromatic carbocycles. The second-order valence-corrected chi connectivity index (χ2v) is 5.66. The standard InChI is InChI=1S/C16H21F3N2O/c1-2-20-15(22)13-4-3-9-21(11-13)10-12-5-7-14(8-6-12)16(17,18)19/h5-8,13H,2-4,9-11H2,1H3,(H,20,22)/t13-/m0/s1. The van der Waals surface area contributed by atoms with Crippen molar-refractivity contribution in [3.63, 3.8) is 0 Å². The summed E-state index contributed by atoms with van der Waals surface area (Å²) >= 11 is 0. The van der Waals surface area contributed by atoms with Gasteiger partial charge in [0.05, 0.1) is 11.5 Å². The van der Waals surface area contributed by atoms with Gasteiger partial charge in [-0.05, 0) is 44.0 Å². The zero-order valence-electron chi connectivity index (χ0n) is 12.6. The summed E-state index contributed by atoms with van der Waals surface area (Å²) in [6.45, 7) is 4.62. The summed E-state index contributed by atoms with van der Waals surface area (Å²) in [5, 5.41) is 2.83. The Balaban J connectivity index is 1.94. The summed E-state index contributed by atoms with van der Waals surface area (Å²) in [7, 11) is 0. The number of nitrogens with zero attached hydrogens (tertiary/aromatic N) is 1. The highest BCUT2D eigenvalue weighted by Gasteiger charge is 2.30. The third-order valence-electron chi connectivity index (χ3n) is 3.91. The van der Waals surface area contributed by atoms with Crippen molar-refractivity contribution in [2.75, 3.05) is 19.6 Å². The van der Waals surface area contributed by atoms with Gasteiger partial charge in [0.25, 0.3) is 0 Å². The van der Waals surface area contributed by atoms with Crippen molar-refractivity contribution < 1.29 is 18.0 Å². The zero-order chi connectivity index (χ0) is 16.2. The first-order chi connectivity index (χ1) is 10.4. The normalized spacial score (nSPS) is 19.9. The third kappa shape index (κ3) is 4.47. The number of amides is 1. The second-order valence-electron chi connectivity index (χ2n) is 5.66. The van der Waals surface area contributed by atoms with E-state index in [4.69, 9.17) is 0 Å². The van der Waals surface area contributed by atoms with Crippen LogP contribution >= 0.6 is 0 Å². The van der Waals surface area contributed by atoms with Crippen molar-refractivity contribution in [1.29, 1.82) is 0 Å². The molecule has 0 unspecified atom stereocenters. The average molecular weight is 314 g/mol. The van der Waals surface area contributed by atoms with Gasteiger partial charge >= 0.3 is 6.18 Å². The molecule has 1 atom stereocenters. The molecule has 1 aliphatic heterocycles. The molecule has 3 nitrogen and oxygen atoms in total. The minimum Gasteiger partial charge on any atom is -0.356 e. The van der Waals surface area contributed by atoms with Crippen LogP contribution in [0.4, 0.5) is 13.2 Å². The molecule has 1 heterocycles. The van der Waals surface area contributed by atoms with E-state index in [1.165, 1.54) is 12.1 Å². The molecule has 1 fully saturated rings. The zero-order valence-corrected chi connectivity index (χ0v) is 12.6. The van der Waals surface area contributed by atoms with Gasteiger partial charge in [-0.25, -0.2) is 0 Å². The number of alkyl halides is 3. The first-order valence-electron chi connectivity index (χ1n) is 7.56. The lowest BCUT2D eigenvalue weighted by Crippen LogP contribution is -2.42. The van der Waals surface area contributed by atoms with E-state index in [1.54, 1.807) is 0 Å². The molecule has 0 aliphatic carbocycles. The molecule has 1 N–H and O–H groups in total. The van der Waals surface area contributed by atoms with Crippen LogP contribution < -0.4 is 5.32 Å². The van der Waals surface area contributed by atoms with Crippen LogP contribution in [0.2, 0.25) is 0 Å². The number of halogens is 3. The van der Waals surface area contributed by atoms with E-state index >= 15 is 0 Å². The molecular weight excluding hydrogens is 293 g/mol. The number of carbonyl (C=O) groups excluding carboxylic acids is 1. The van der Waals surface area contributed by atoms with Crippen LogP contribution in [0.25, 0.3) is 0 Å². The summed E-state index contributed by atoms with van der Waals surface area (Å²) in [6.07, 6.45) is -2.50. The lowest BCUT2D eigenvalue weighted by molar-refractivity contribution is -0.137. The van der Waals surface area contributed by atoms with Crippen LogP contribution in [0.15, 0.2) is 24.3 Å². The molecule has 6 heteroatoms. The molecule has 0 aromatic heterocycles. The van der Waals surface area contributed by atoms with E-state index in [0.29, 0.717) is 19.6 Å². The minimum atomic E-state index is -4.30. The van der Waals surface area contributed by atoms with Gasteiger partial charge in [-0.2, -0.15) is 13.2 Å². The molecule has 2 rings (SSSR count). The van der Waals surface area contributed by atoms with Gasteiger partial charge in [0.15, 0.2) is 0 Å². The summed E-state index contributed by atoms with van der Waals surface area (Å²) in [5.74, 6) is 0.0442. The number of rotatable bonds is 4. The van der Waals surface area contributed by atoms with Crippen LogP contribution in [-0.2, 0) is 17.5 Å². The lowest BCUT2D eigenvalue weighted by atomic mass is 9.96. The maximum Gasteiger partial charge on any atom is 0.416 e. The number of hydrogen-bond acceptors (Lipinski definition) is 2. The van der Waals surface area contributed by atoms with Crippen LogP contribution in [0, 0.1) is 5.92 Å². The van der Waals surface area contributed by atoms with E-state index in [1.807, 2.05) is 6.92 Å². The van der Waals surface area contributed by atoms with Crippen molar-refractivity contribution >= 4 is 5.91 Å². The Labute approximate surface area is 128 Å². The van der Waals surface area contributed by atoms with E-state index < -0.39 is 11.7 Å². The van der Waals surface area contributed by atoms with Crippen LogP contribution in [0.3, 0.4) is 0 Å². The molecule has 1 aliphatic rings. The Morgan fingerprint density at radius 1 is 1.32 bits per heavy atom. The Morgan fingerprint density at radius 2 is 2.00 bits per heavy atom. The van der Waals surface area contributed by atoms with Crippen molar-refractivity contribution in [2.24, 2.45) is 5.92 Å². The highest BCUT2D eigenvalue weighted by atomic mass is 19.4. The van der Waals surface area contributed by atoms with Crippen LogP contribution in [-0.4, -0.2) is 30.4 Å². The topological polar surface area (TPSA) is 32.3 Å². The van der Waals surface area contributed by atoms with E-state index in [9.17, 15) is 18.0 Å². The van der Waals surface area contributed by atoms with Gasteiger partial charge in [-0.3, -0.25) is 9.69 Å². The fourth-order valence-electron chi connectivity index (χ4n) is 2.79. The monoisotopic (exact) mass is 314 g/mol. The molecule has 1 saturated heterocycles. The molecule has 22 heavy (non-hydrogen) atoms. The molecule has 0 radical (unpaired) electrons. The maximum absolute atomic E-state index is 12.5. The SMILES string of the molecule is CCNC(=O)[C@H]1CCCN(Cc2ccc(C(F)(F)F)cc2)C1. The molecular formula is C16H21F3N2O. The van der Waals surface area contributed by atoms with Gasteiger partial charge in [-0.15, -0.1) is 0 Å². The average Bonchev–Trinajstić information content (AvgIpc) is 2.47. The Bertz CT molecular complexity index is 499. The van der Waals surface area contributed by atoms with Crippen molar-refractivity contribution in [3.8, 4) is 0 Å². The summed E-state index contributed by atoms with van der Waals surface area (Å²) in [4.78, 5) is 14.0. The highest BCUT2D eigenvalue weighted by molar-refractivity contribution is 5.78. The van der Waals surface area contributed by atoms with Crippen LogP contribution in [0.5, 0.6) is 0 Å². The van der Waals surface area contributed by atoms with E-state index in [0.717, 1.165) is 37.1 Å². The fourth-order valence-corrected chi connectivity index (χ4v) is 2.79. The summed E-state index contributed by atoms with van der Waals surface area (Å²) < 4.78 is 37.6. The van der Waals surface area contributed by atoms with Crippen molar-refractivity contribution in [1.82, 2.24) is 10.2 Å². The fraction of sp³-hybridized carbons (Fsp3) is 0.562. The number of carbonyl (C=O) groups is 1. The van der Waals surface area contributed by atoms with E-state index in [-0.39, 0.29) is 11.8 Å². The van der Waals surface area contributed by atoms with Gasteiger partial charge in [0, 0.05) is 19.6 Å². The molecule has 0 bridgehead atoms. The smallest absolute Gasteiger partial charge is 0.356 e. The predicted molar refractivity (Wildman–Crippen MR) is 78.1 cm³/mol. The minimum absolute atomic E-state index is 0.0249. The summed E-state index contributed by atoms with van der Waals surface area (Å²) in [6, 6.07) is 5.25. The quantitative estimate of drug-likeness (QED) is 0.926. The second kappa shape index (κ2) is 7.13. The largest absolute Gasteiger partial charge is 0.416 e. The number of nitrogens with one attached hydrogen (secondary N) is 1. The maximum atomic E-state index is 12.5. The number of likely N-dealkylation sites (tertiary alicyclic amines) is 1. The Hall–Kier alpha value is -1.56. The first kappa shape index (κ1) is 16.8. The predicted octanol–water partition coefficient (Wildman–Crippen LogP) is 3.05. The molecule has 1 amide bonds.